The molecular formula is C12H17FN2O2. The molecule has 1 aliphatic heterocycles. The molecule has 2 heterocycles. The van der Waals surface area contributed by atoms with Crippen LogP contribution in [0.1, 0.15) is 31.3 Å². The molecule has 5 heteroatoms. The highest BCUT2D eigenvalue weighted by Gasteiger charge is 2.33. The van der Waals surface area contributed by atoms with Crippen LogP contribution in [0.4, 0.5) is 9.18 Å². The Labute approximate surface area is 100 Å². The van der Waals surface area contributed by atoms with Crippen LogP contribution in [-0.4, -0.2) is 29.6 Å². The number of aryl methyl sites for hydroxylation is 1. The summed E-state index contributed by atoms with van der Waals surface area (Å²) in [6.45, 7) is 5.93. The lowest BCUT2D eigenvalue weighted by Crippen LogP contribution is -2.24. The van der Waals surface area contributed by atoms with Gasteiger partial charge < -0.3 is 4.74 Å². The molecule has 4 nitrogen and oxygen atoms in total. The van der Waals surface area contributed by atoms with Gasteiger partial charge in [0.05, 0.1) is 0 Å². The summed E-state index contributed by atoms with van der Waals surface area (Å²) in [7, 11) is 1.57. The molecule has 17 heavy (non-hydrogen) atoms. The van der Waals surface area contributed by atoms with Crippen molar-refractivity contribution in [1.82, 2.24) is 9.88 Å². The molecule has 0 bridgehead atoms. The Kier molecular flexibility index (Phi) is 4.43. The number of hydrogen-bond acceptors (Lipinski definition) is 3. The first-order chi connectivity index (χ1) is 8.09. The fraction of sp³-hybridized carbons (Fsp3) is 0.500. The van der Waals surface area contributed by atoms with Crippen LogP contribution in [0.25, 0.3) is 0 Å². The molecule has 1 fully saturated rings. The van der Waals surface area contributed by atoms with Gasteiger partial charge in [0.2, 0.25) is 0 Å². The van der Waals surface area contributed by atoms with Crippen molar-refractivity contribution in [3.63, 3.8) is 0 Å². The minimum atomic E-state index is -0.442. The molecule has 1 aliphatic rings. The molecule has 0 spiro atoms. The van der Waals surface area contributed by atoms with Gasteiger partial charge in [-0.25, -0.2) is 9.18 Å². The van der Waals surface area contributed by atoms with E-state index in [4.69, 9.17) is 4.74 Å². The third-order valence-corrected chi connectivity index (χ3v) is 2.45. The van der Waals surface area contributed by atoms with Gasteiger partial charge in [-0.3, -0.25) is 9.88 Å². The number of pyridine rings is 1. The van der Waals surface area contributed by atoms with Crippen LogP contribution in [0.2, 0.25) is 0 Å². The molecule has 94 valence electrons. The largest absolute Gasteiger partial charge is 0.447 e. The van der Waals surface area contributed by atoms with Crippen LogP contribution in [0, 0.1) is 12.7 Å². The highest BCUT2D eigenvalue weighted by atomic mass is 19.1. The zero-order valence-corrected chi connectivity index (χ0v) is 10.5. The van der Waals surface area contributed by atoms with Crippen molar-refractivity contribution < 1.29 is 13.9 Å². The Morgan fingerprint density at radius 1 is 1.47 bits per heavy atom. The zero-order valence-electron chi connectivity index (χ0n) is 10.5. The van der Waals surface area contributed by atoms with E-state index in [0.29, 0.717) is 0 Å². The summed E-state index contributed by atoms with van der Waals surface area (Å²) in [5, 5.41) is 0. The van der Waals surface area contributed by atoms with E-state index >= 15 is 0 Å². The SMILES string of the molecule is CC.Cc1ccc(F)c(C2COC(=O)N2C)n1. The second-order valence-electron chi connectivity index (χ2n) is 3.52. The van der Waals surface area contributed by atoms with Crippen LogP contribution < -0.4 is 0 Å². The van der Waals surface area contributed by atoms with Gasteiger partial charge in [0.25, 0.3) is 0 Å². The summed E-state index contributed by atoms with van der Waals surface area (Å²) in [5.41, 5.74) is 0.988. The van der Waals surface area contributed by atoms with Crippen LogP contribution in [-0.2, 0) is 4.74 Å². The lowest BCUT2D eigenvalue weighted by atomic mass is 10.1. The first-order valence-electron chi connectivity index (χ1n) is 5.62. The minimum Gasteiger partial charge on any atom is -0.447 e. The van der Waals surface area contributed by atoms with Crippen LogP contribution in [0.5, 0.6) is 0 Å². The average Bonchev–Trinajstić information content (AvgIpc) is 2.66. The molecule has 1 amide bonds. The smallest absolute Gasteiger partial charge is 0.410 e. The van der Waals surface area contributed by atoms with Gasteiger partial charge in [-0.05, 0) is 19.1 Å². The van der Waals surface area contributed by atoms with Crippen LogP contribution in [0.3, 0.4) is 0 Å². The number of carbonyl (C=O) groups excluding carboxylic acids is 1. The molecule has 0 aromatic carbocycles. The molecule has 2 rings (SSSR count). The predicted molar refractivity (Wildman–Crippen MR) is 62.1 cm³/mol. The monoisotopic (exact) mass is 240 g/mol. The topological polar surface area (TPSA) is 42.4 Å². The number of aromatic nitrogens is 1. The third kappa shape index (κ3) is 2.72. The van der Waals surface area contributed by atoms with Crippen molar-refractivity contribution in [2.24, 2.45) is 0 Å². The minimum absolute atomic E-state index is 0.155. The highest BCUT2D eigenvalue weighted by Crippen LogP contribution is 2.26. The number of cyclic esters (lactones) is 1. The number of amides is 1. The lowest BCUT2D eigenvalue weighted by molar-refractivity contribution is 0.163. The maximum Gasteiger partial charge on any atom is 0.410 e. The molecule has 0 radical (unpaired) electrons. The predicted octanol–water partition coefficient (Wildman–Crippen LogP) is 2.68. The Bertz CT molecular complexity index is 409. The van der Waals surface area contributed by atoms with E-state index in [1.807, 2.05) is 13.8 Å². The maximum atomic E-state index is 13.5. The number of ether oxygens (including phenoxy) is 1. The molecular weight excluding hydrogens is 223 g/mol. The standard InChI is InChI=1S/C10H11FN2O2.C2H6/c1-6-3-4-7(11)9(12-6)8-5-15-10(14)13(8)2;1-2/h3-4,8H,5H2,1-2H3;1-2H3. The Morgan fingerprint density at radius 2 is 2.12 bits per heavy atom. The van der Waals surface area contributed by atoms with Gasteiger partial charge in [-0.2, -0.15) is 0 Å². The van der Waals surface area contributed by atoms with Gasteiger partial charge in [-0.15, -0.1) is 0 Å². The van der Waals surface area contributed by atoms with E-state index < -0.39 is 18.0 Å². The molecule has 1 aromatic heterocycles. The second kappa shape index (κ2) is 5.61. The molecule has 1 unspecified atom stereocenters. The lowest BCUT2D eigenvalue weighted by Gasteiger charge is -2.16. The van der Waals surface area contributed by atoms with Crippen LogP contribution in [0.15, 0.2) is 12.1 Å². The number of halogens is 1. The quantitative estimate of drug-likeness (QED) is 0.758. The molecule has 1 atom stereocenters. The van der Waals surface area contributed by atoms with Gasteiger partial charge in [0.1, 0.15) is 24.2 Å². The number of likely N-dealkylation sites (N-methyl/N-ethyl adjacent to an activating group) is 1. The van der Waals surface area contributed by atoms with Crippen molar-refractivity contribution in [3.05, 3.63) is 29.3 Å². The fourth-order valence-electron chi connectivity index (χ4n) is 1.55. The third-order valence-electron chi connectivity index (χ3n) is 2.45. The number of carbonyl (C=O) groups is 1. The summed E-state index contributed by atoms with van der Waals surface area (Å²) >= 11 is 0. The van der Waals surface area contributed by atoms with Gasteiger partial charge >= 0.3 is 6.09 Å². The summed E-state index contributed by atoms with van der Waals surface area (Å²) in [4.78, 5) is 16.6. The second-order valence-corrected chi connectivity index (χ2v) is 3.52. The van der Waals surface area contributed by atoms with Crippen LogP contribution >= 0.6 is 0 Å². The summed E-state index contributed by atoms with van der Waals surface area (Å²) in [5.74, 6) is -0.407. The Hall–Kier alpha value is -1.65. The zero-order chi connectivity index (χ0) is 13.0. The molecule has 0 aliphatic carbocycles. The summed E-state index contributed by atoms with van der Waals surface area (Å²) < 4.78 is 18.3. The van der Waals surface area contributed by atoms with E-state index in [0.717, 1.165) is 5.69 Å². The number of nitrogens with zero attached hydrogens (tertiary/aromatic N) is 2. The van der Waals surface area contributed by atoms with Crippen molar-refractivity contribution in [1.29, 1.82) is 0 Å². The van der Waals surface area contributed by atoms with E-state index in [-0.39, 0.29) is 12.3 Å². The number of hydrogen-bond donors (Lipinski definition) is 0. The van der Waals surface area contributed by atoms with E-state index in [1.54, 1.807) is 20.0 Å². The van der Waals surface area contributed by atoms with Crippen molar-refractivity contribution in [2.45, 2.75) is 26.8 Å². The Morgan fingerprint density at radius 3 is 2.65 bits per heavy atom. The Balaban J connectivity index is 0.000000686. The molecule has 0 saturated carbocycles. The molecule has 1 aromatic rings. The van der Waals surface area contributed by atoms with E-state index in [1.165, 1.54) is 11.0 Å². The van der Waals surface area contributed by atoms with Gasteiger partial charge in [-0.1, -0.05) is 13.8 Å². The first kappa shape index (κ1) is 13.4. The van der Waals surface area contributed by atoms with Gasteiger partial charge in [0, 0.05) is 12.7 Å². The van der Waals surface area contributed by atoms with E-state index in [2.05, 4.69) is 4.98 Å². The normalized spacial score (nSPS) is 18.5. The first-order valence-corrected chi connectivity index (χ1v) is 5.62. The van der Waals surface area contributed by atoms with E-state index in [9.17, 15) is 9.18 Å². The van der Waals surface area contributed by atoms with Gasteiger partial charge in [0.15, 0.2) is 0 Å². The summed E-state index contributed by atoms with van der Waals surface area (Å²) in [6.07, 6.45) is -0.442. The molecule has 1 saturated heterocycles. The maximum absolute atomic E-state index is 13.5. The van der Waals surface area contributed by atoms with Crippen molar-refractivity contribution in [2.75, 3.05) is 13.7 Å². The van der Waals surface area contributed by atoms with Crippen molar-refractivity contribution >= 4 is 6.09 Å². The highest BCUT2D eigenvalue weighted by molar-refractivity contribution is 5.70. The van der Waals surface area contributed by atoms with Crippen molar-refractivity contribution in [3.8, 4) is 0 Å². The molecule has 0 N–H and O–H groups in total. The summed E-state index contributed by atoms with van der Waals surface area (Å²) in [6, 6.07) is 2.53. The number of rotatable bonds is 1. The average molecular weight is 240 g/mol. The fourth-order valence-corrected chi connectivity index (χ4v) is 1.55.